The third-order valence-electron chi connectivity index (χ3n) is 3.33. The van der Waals surface area contributed by atoms with Gasteiger partial charge in [0.15, 0.2) is 0 Å². The summed E-state index contributed by atoms with van der Waals surface area (Å²) in [6.45, 7) is 7.83. The van der Waals surface area contributed by atoms with E-state index in [1.54, 1.807) is 0 Å². The van der Waals surface area contributed by atoms with Crippen LogP contribution in [0.2, 0.25) is 0 Å². The molecule has 0 radical (unpaired) electrons. The summed E-state index contributed by atoms with van der Waals surface area (Å²) in [5.41, 5.74) is 1.99. The molecule has 1 aromatic rings. The van der Waals surface area contributed by atoms with Gasteiger partial charge in [-0.2, -0.15) is 0 Å². The predicted molar refractivity (Wildman–Crippen MR) is 88.6 cm³/mol. The first-order valence-electron chi connectivity index (χ1n) is 7.75. The number of nitrogens with one attached hydrogen (secondary N) is 2. The van der Waals surface area contributed by atoms with Gasteiger partial charge in [-0.1, -0.05) is 51.0 Å². The minimum absolute atomic E-state index is 0.00276. The molecule has 1 aromatic carbocycles. The van der Waals surface area contributed by atoms with Crippen LogP contribution in [0.25, 0.3) is 0 Å². The zero-order valence-electron chi connectivity index (χ0n) is 13.4. The quantitative estimate of drug-likeness (QED) is 0.698. The summed E-state index contributed by atoms with van der Waals surface area (Å²) < 4.78 is 27.0. The van der Waals surface area contributed by atoms with Crippen molar-refractivity contribution in [2.24, 2.45) is 0 Å². The zero-order chi connectivity index (χ0) is 15.7. The first-order valence-corrected chi connectivity index (χ1v) is 9.40. The molecule has 0 fully saturated rings. The maximum absolute atomic E-state index is 12.1. The predicted octanol–water partition coefficient (Wildman–Crippen LogP) is 2.79. The number of hydrogen-bond acceptors (Lipinski definition) is 3. The van der Waals surface area contributed by atoms with Crippen molar-refractivity contribution in [2.75, 3.05) is 6.54 Å². The smallest absolute Gasteiger partial charge is 0.216 e. The average Bonchev–Trinajstić information content (AvgIpc) is 2.43. The van der Waals surface area contributed by atoms with Gasteiger partial charge in [0.2, 0.25) is 10.0 Å². The number of sulfonamides is 1. The van der Waals surface area contributed by atoms with Crippen LogP contribution in [-0.2, 0) is 22.3 Å². The Labute approximate surface area is 129 Å². The van der Waals surface area contributed by atoms with Crippen LogP contribution in [0.15, 0.2) is 24.3 Å². The van der Waals surface area contributed by atoms with Gasteiger partial charge in [-0.15, -0.1) is 0 Å². The number of benzene rings is 1. The summed E-state index contributed by atoms with van der Waals surface area (Å²) in [5, 5.41) is 3.25. The molecule has 1 atom stereocenters. The third-order valence-corrected chi connectivity index (χ3v) is 4.81. The highest BCUT2D eigenvalue weighted by Gasteiger charge is 2.14. The fraction of sp³-hybridized carbons (Fsp3) is 0.625. The maximum atomic E-state index is 12.1. The second-order valence-electron chi connectivity index (χ2n) is 5.52. The molecule has 0 heterocycles. The Hall–Kier alpha value is -0.910. The molecule has 1 unspecified atom stereocenters. The molecule has 0 aromatic heterocycles. The fourth-order valence-electron chi connectivity index (χ4n) is 2.16. The Morgan fingerprint density at radius 2 is 1.71 bits per heavy atom. The van der Waals surface area contributed by atoms with E-state index in [2.05, 4.69) is 23.9 Å². The van der Waals surface area contributed by atoms with Crippen LogP contribution in [-0.4, -0.2) is 21.0 Å². The van der Waals surface area contributed by atoms with Crippen molar-refractivity contribution >= 4 is 10.0 Å². The molecular weight excluding hydrogens is 284 g/mol. The van der Waals surface area contributed by atoms with Gasteiger partial charge >= 0.3 is 0 Å². The molecule has 0 aliphatic carbocycles. The van der Waals surface area contributed by atoms with Crippen molar-refractivity contribution in [3.8, 4) is 0 Å². The van der Waals surface area contributed by atoms with Gasteiger partial charge in [0, 0.05) is 12.6 Å². The van der Waals surface area contributed by atoms with Crippen LogP contribution >= 0.6 is 0 Å². The van der Waals surface area contributed by atoms with E-state index in [4.69, 9.17) is 0 Å². The van der Waals surface area contributed by atoms with Crippen LogP contribution in [0.1, 0.15) is 51.2 Å². The zero-order valence-corrected chi connectivity index (χ0v) is 14.2. The highest BCUT2D eigenvalue weighted by atomic mass is 32.2. The van der Waals surface area contributed by atoms with Gasteiger partial charge in [0.25, 0.3) is 0 Å². The summed E-state index contributed by atoms with van der Waals surface area (Å²) in [6, 6.07) is 7.75. The molecule has 0 bridgehead atoms. The molecular formula is C16H28N2O2S. The Morgan fingerprint density at radius 3 is 2.29 bits per heavy atom. The van der Waals surface area contributed by atoms with E-state index in [1.165, 1.54) is 5.56 Å². The number of unbranched alkanes of at least 4 members (excludes halogenated alkanes) is 1. The largest absolute Gasteiger partial charge is 0.313 e. The van der Waals surface area contributed by atoms with E-state index in [0.717, 1.165) is 37.9 Å². The first kappa shape index (κ1) is 18.1. The third kappa shape index (κ3) is 7.60. The van der Waals surface area contributed by atoms with Gasteiger partial charge in [-0.3, -0.25) is 0 Å². The second kappa shape index (κ2) is 9.18. The molecule has 5 heteroatoms. The van der Waals surface area contributed by atoms with Gasteiger partial charge in [-0.25, -0.2) is 13.1 Å². The molecule has 0 amide bonds. The average molecular weight is 312 g/mol. The summed E-state index contributed by atoms with van der Waals surface area (Å²) in [5.74, 6) is 0.0466. The van der Waals surface area contributed by atoms with Gasteiger partial charge < -0.3 is 5.32 Å². The molecule has 0 saturated carbocycles. The van der Waals surface area contributed by atoms with E-state index in [-0.39, 0.29) is 11.8 Å². The molecule has 4 nitrogen and oxygen atoms in total. The fourth-order valence-corrected chi connectivity index (χ4v) is 3.61. The molecule has 0 aliphatic heterocycles. The summed E-state index contributed by atoms with van der Waals surface area (Å²) in [7, 11) is -3.26. The lowest BCUT2D eigenvalue weighted by molar-refractivity contribution is 0.533. The minimum Gasteiger partial charge on any atom is -0.313 e. The monoisotopic (exact) mass is 312 g/mol. The van der Waals surface area contributed by atoms with Crippen LogP contribution in [0.4, 0.5) is 0 Å². The maximum Gasteiger partial charge on any atom is 0.216 e. The lowest BCUT2D eigenvalue weighted by atomic mass is 10.1. The van der Waals surface area contributed by atoms with Crippen molar-refractivity contribution in [3.63, 3.8) is 0 Å². The van der Waals surface area contributed by atoms with Crippen molar-refractivity contribution in [1.29, 1.82) is 0 Å². The van der Waals surface area contributed by atoms with E-state index in [9.17, 15) is 8.42 Å². The Bertz CT molecular complexity index is 498. The first-order chi connectivity index (χ1) is 9.96. The van der Waals surface area contributed by atoms with Crippen molar-refractivity contribution in [3.05, 3.63) is 35.4 Å². The number of rotatable bonds is 10. The van der Waals surface area contributed by atoms with Gasteiger partial charge in [0.05, 0.1) is 5.75 Å². The Balaban J connectivity index is 2.54. The minimum atomic E-state index is -3.26. The van der Waals surface area contributed by atoms with E-state index < -0.39 is 10.0 Å². The van der Waals surface area contributed by atoms with E-state index in [1.807, 2.05) is 31.2 Å². The molecule has 120 valence electrons. The van der Waals surface area contributed by atoms with Crippen LogP contribution in [0.5, 0.6) is 0 Å². The normalized spacial score (nSPS) is 13.3. The summed E-state index contributed by atoms with van der Waals surface area (Å²) in [6.07, 6.45) is 3.01. The second-order valence-corrected chi connectivity index (χ2v) is 7.27. The van der Waals surface area contributed by atoms with Crippen LogP contribution in [0, 0.1) is 0 Å². The molecule has 0 spiro atoms. The molecule has 0 saturated heterocycles. The van der Waals surface area contributed by atoms with Crippen molar-refractivity contribution in [2.45, 2.75) is 58.4 Å². The lowest BCUT2D eigenvalue weighted by Crippen LogP contribution is -2.33. The molecule has 0 aliphatic rings. The van der Waals surface area contributed by atoms with Crippen LogP contribution in [0.3, 0.4) is 0 Å². The number of hydrogen-bond donors (Lipinski definition) is 2. The molecule has 21 heavy (non-hydrogen) atoms. The highest BCUT2D eigenvalue weighted by Crippen LogP contribution is 2.09. The van der Waals surface area contributed by atoms with Gasteiger partial charge in [0.1, 0.15) is 0 Å². The van der Waals surface area contributed by atoms with E-state index >= 15 is 0 Å². The summed E-state index contributed by atoms with van der Waals surface area (Å²) >= 11 is 0. The summed E-state index contributed by atoms with van der Waals surface area (Å²) in [4.78, 5) is 0. The van der Waals surface area contributed by atoms with Gasteiger partial charge in [-0.05, 0) is 31.0 Å². The van der Waals surface area contributed by atoms with Crippen molar-refractivity contribution in [1.82, 2.24) is 10.0 Å². The Kier molecular flexibility index (Phi) is 7.93. The van der Waals surface area contributed by atoms with Crippen molar-refractivity contribution < 1.29 is 8.42 Å². The van der Waals surface area contributed by atoms with E-state index in [0.29, 0.717) is 0 Å². The highest BCUT2D eigenvalue weighted by molar-refractivity contribution is 7.88. The molecule has 1 rings (SSSR count). The molecule has 2 N–H and O–H groups in total. The Morgan fingerprint density at radius 1 is 1.10 bits per heavy atom. The SMILES string of the molecule is CCCCC(C)NS(=O)(=O)Cc1ccc(CNCC)cc1. The lowest BCUT2D eigenvalue weighted by Gasteiger charge is -2.14. The standard InChI is InChI=1S/C16H28N2O2S/c1-4-6-7-14(3)18-21(19,20)13-16-10-8-15(9-11-16)12-17-5-2/h8-11,14,17-18H,4-7,12-13H2,1-3H3. The topological polar surface area (TPSA) is 58.2 Å². The van der Waals surface area contributed by atoms with Crippen LogP contribution < -0.4 is 10.0 Å².